The third-order valence-corrected chi connectivity index (χ3v) is 4.13. The molecule has 0 atom stereocenters. The highest BCUT2D eigenvalue weighted by molar-refractivity contribution is 5.65. The number of aromatic nitrogens is 2. The van der Waals surface area contributed by atoms with Crippen LogP contribution in [0.3, 0.4) is 0 Å². The number of benzene rings is 2. The Balaban J connectivity index is 1.78. The predicted molar refractivity (Wildman–Crippen MR) is 104 cm³/mol. The largest absolute Gasteiger partial charge is 0.366 e. The normalized spacial score (nSPS) is 10.6. The second-order valence-corrected chi connectivity index (χ2v) is 6.42. The first-order valence-electron chi connectivity index (χ1n) is 8.49. The van der Waals surface area contributed by atoms with E-state index in [9.17, 15) is 0 Å². The average Bonchev–Trinajstić information content (AvgIpc) is 2.56. The lowest BCUT2D eigenvalue weighted by Gasteiger charge is -2.14. The Hall–Kier alpha value is -2.88. The van der Waals surface area contributed by atoms with Gasteiger partial charge in [-0.15, -0.1) is 0 Å². The highest BCUT2D eigenvalue weighted by Gasteiger charge is 2.06. The molecule has 4 nitrogen and oxygen atoms in total. The average molecular weight is 332 g/mol. The van der Waals surface area contributed by atoms with Crippen LogP contribution in [-0.4, -0.2) is 9.97 Å². The van der Waals surface area contributed by atoms with Gasteiger partial charge in [-0.25, -0.2) is 9.97 Å². The van der Waals surface area contributed by atoms with Gasteiger partial charge in [-0.1, -0.05) is 48.0 Å². The summed E-state index contributed by atoms with van der Waals surface area (Å²) in [5, 5.41) is 6.83. The van der Waals surface area contributed by atoms with E-state index >= 15 is 0 Å². The first-order valence-corrected chi connectivity index (χ1v) is 8.49. The zero-order valence-corrected chi connectivity index (χ0v) is 15.2. The van der Waals surface area contributed by atoms with Gasteiger partial charge in [0.15, 0.2) is 0 Å². The molecule has 4 heteroatoms. The molecule has 3 rings (SSSR count). The minimum Gasteiger partial charge on any atom is -0.366 e. The number of aryl methyl sites for hydroxylation is 4. The molecule has 0 aliphatic rings. The SMILES string of the molecule is Cc1cccc(CNc2cc(Nc3c(C)cccc3C)nc(C)n2)c1. The van der Waals surface area contributed by atoms with Crippen molar-refractivity contribution in [2.24, 2.45) is 0 Å². The van der Waals surface area contributed by atoms with Crippen LogP contribution in [0.4, 0.5) is 17.3 Å². The van der Waals surface area contributed by atoms with Gasteiger partial charge in [-0.2, -0.15) is 0 Å². The summed E-state index contributed by atoms with van der Waals surface area (Å²) in [4.78, 5) is 9.01. The van der Waals surface area contributed by atoms with Gasteiger partial charge in [-0.3, -0.25) is 0 Å². The van der Waals surface area contributed by atoms with E-state index in [-0.39, 0.29) is 0 Å². The summed E-state index contributed by atoms with van der Waals surface area (Å²) in [5.41, 5.74) is 6.00. The van der Waals surface area contributed by atoms with Crippen molar-refractivity contribution in [1.82, 2.24) is 9.97 Å². The lowest BCUT2D eigenvalue weighted by Crippen LogP contribution is -2.06. The third kappa shape index (κ3) is 4.35. The fourth-order valence-corrected chi connectivity index (χ4v) is 2.88. The minimum absolute atomic E-state index is 0.737. The molecule has 0 saturated carbocycles. The Bertz CT molecular complexity index is 867. The number of rotatable bonds is 5. The summed E-state index contributed by atoms with van der Waals surface area (Å²) < 4.78 is 0. The molecular weight excluding hydrogens is 308 g/mol. The third-order valence-electron chi connectivity index (χ3n) is 4.13. The summed E-state index contributed by atoms with van der Waals surface area (Å²) in [6.45, 7) is 8.94. The zero-order valence-electron chi connectivity index (χ0n) is 15.2. The fraction of sp³-hybridized carbons (Fsp3) is 0.238. The second-order valence-electron chi connectivity index (χ2n) is 6.42. The molecule has 0 aliphatic carbocycles. The second kappa shape index (κ2) is 7.34. The van der Waals surface area contributed by atoms with E-state index in [1.165, 1.54) is 22.3 Å². The van der Waals surface area contributed by atoms with Gasteiger partial charge in [0.05, 0.1) is 0 Å². The van der Waals surface area contributed by atoms with Crippen molar-refractivity contribution in [3.63, 3.8) is 0 Å². The smallest absolute Gasteiger partial charge is 0.136 e. The van der Waals surface area contributed by atoms with Crippen molar-refractivity contribution >= 4 is 17.3 Å². The van der Waals surface area contributed by atoms with Crippen LogP contribution in [0.1, 0.15) is 28.1 Å². The van der Waals surface area contributed by atoms with Crippen LogP contribution >= 0.6 is 0 Å². The molecule has 2 aromatic carbocycles. The van der Waals surface area contributed by atoms with E-state index in [1.807, 2.05) is 13.0 Å². The van der Waals surface area contributed by atoms with Crippen LogP contribution in [0.25, 0.3) is 0 Å². The van der Waals surface area contributed by atoms with Crippen molar-refractivity contribution < 1.29 is 0 Å². The Morgan fingerprint density at radius 3 is 2.20 bits per heavy atom. The molecule has 0 saturated heterocycles. The fourth-order valence-electron chi connectivity index (χ4n) is 2.88. The molecule has 0 bridgehead atoms. The molecule has 0 spiro atoms. The number of para-hydroxylation sites is 1. The molecule has 1 heterocycles. The molecule has 3 aromatic rings. The molecule has 0 amide bonds. The highest BCUT2D eigenvalue weighted by atomic mass is 15.1. The van der Waals surface area contributed by atoms with Crippen molar-refractivity contribution in [2.75, 3.05) is 10.6 Å². The Kier molecular flexibility index (Phi) is 4.98. The van der Waals surface area contributed by atoms with Gasteiger partial charge in [-0.05, 0) is 44.4 Å². The molecule has 0 unspecified atom stereocenters. The van der Waals surface area contributed by atoms with Gasteiger partial charge in [0.2, 0.25) is 0 Å². The number of anilines is 3. The van der Waals surface area contributed by atoms with Gasteiger partial charge < -0.3 is 10.6 Å². The maximum Gasteiger partial charge on any atom is 0.136 e. The molecule has 0 fully saturated rings. The maximum atomic E-state index is 4.52. The Morgan fingerprint density at radius 1 is 0.800 bits per heavy atom. The summed E-state index contributed by atoms with van der Waals surface area (Å²) >= 11 is 0. The van der Waals surface area contributed by atoms with E-state index in [4.69, 9.17) is 0 Å². The van der Waals surface area contributed by atoms with Crippen LogP contribution < -0.4 is 10.6 Å². The maximum absolute atomic E-state index is 4.52. The highest BCUT2D eigenvalue weighted by Crippen LogP contribution is 2.24. The predicted octanol–water partition coefficient (Wildman–Crippen LogP) is 5.07. The van der Waals surface area contributed by atoms with Crippen LogP contribution in [0, 0.1) is 27.7 Å². The molecule has 1 aromatic heterocycles. The van der Waals surface area contributed by atoms with E-state index in [1.54, 1.807) is 0 Å². The summed E-state index contributed by atoms with van der Waals surface area (Å²) in [5.74, 6) is 2.36. The van der Waals surface area contributed by atoms with E-state index in [0.29, 0.717) is 0 Å². The van der Waals surface area contributed by atoms with Crippen molar-refractivity contribution in [3.05, 3.63) is 76.6 Å². The minimum atomic E-state index is 0.737. The Labute approximate surface area is 149 Å². The van der Waals surface area contributed by atoms with Gasteiger partial charge in [0.1, 0.15) is 17.5 Å². The monoisotopic (exact) mass is 332 g/mol. The summed E-state index contributed by atoms with van der Waals surface area (Å²) in [6, 6.07) is 16.7. The van der Waals surface area contributed by atoms with Crippen molar-refractivity contribution in [2.45, 2.75) is 34.2 Å². The standard InChI is InChI=1S/C21H24N4/c1-14-7-5-10-18(11-14)13-22-19-12-20(24-17(4)23-19)25-21-15(2)8-6-9-16(21)3/h5-12H,13H2,1-4H3,(H2,22,23,24,25). The molecule has 0 radical (unpaired) electrons. The first kappa shape index (κ1) is 17.0. The van der Waals surface area contributed by atoms with Crippen LogP contribution in [-0.2, 0) is 6.54 Å². The first-order chi connectivity index (χ1) is 12.0. The van der Waals surface area contributed by atoms with Gasteiger partial charge >= 0.3 is 0 Å². The number of hydrogen-bond donors (Lipinski definition) is 2. The van der Waals surface area contributed by atoms with Gasteiger partial charge in [0.25, 0.3) is 0 Å². The van der Waals surface area contributed by atoms with Crippen LogP contribution in [0.5, 0.6) is 0 Å². The quantitative estimate of drug-likeness (QED) is 0.685. The Morgan fingerprint density at radius 2 is 1.48 bits per heavy atom. The lowest BCUT2D eigenvalue weighted by atomic mass is 10.1. The molecular formula is C21H24N4. The lowest BCUT2D eigenvalue weighted by molar-refractivity contribution is 1.02. The van der Waals surface area contributed by atoms with E-state index in [0.717, 1.165) is 29.7 Å². The number of hydrogen-bond acceptors (Lipinski definition) is 4. The van der Waals surface area contributed by atoms with Crippen LogP contribution in [0.15, 0.2) is 48.5 Å². The number of nitrogens with one attached hydrogen (secondary N) is 2. The summed E-state index contributed by atoms with van der Waals surface area (Å²) in [7, 11) is 0. The van der Waals surface area contributed by atoms with Gasteiger partial charge in [0, 0.05) is 18.3 Å². The zero-order chi connectivity index (χ0) is 17.8. The molecule has 25 heavy (non-hydrogen) atoms. The number of nitrogens with zero attached hydrogens (tertiary/aromatic N) is 2. The molecule has 0 aliphatic heterocycles. The topological polar surface area (TPSA) is 49.8 Å². The van der Waals surface area contributed by atoms with Crippen LogP contribution in [0.2, 0.25) is 0 Å². The van der Waals surface area contributed by atoms with Crippen molar-refractivity contribution in [1.29, 1.82) is 0 Å². The molecule has 128 valence electrons. The van der Waals surface area contributed by atoms with E-state index < -0.39 is 0 Å². The molecule has 2 N–H and O–H groups in total. The summed E-state index contributed by atoms with van der Waals surface area (Å²) in [6.07, 6.45) is 0. The van der Waals surface area contributed by atoms with E-state index in [2.05, 4.69) is 83.8 Å². The van der Waals surface area contributed by atoms with Crippen molar-refractivity contribution in [3.8, 4) is 0 Å².